The van der Waals surface area contributed by atoms with Crippen molar-refractivity contribution in [2.75, 3.05) is 0 Å². The van der Waals surface area contributed by atoms with Crippen LogP contribution in [-0.4, -0.2) is 48.3 Å². The quantitative estimate of drug-likeness (QED) is 0.273. The number of rotatable bonds is 7. The molecule has 1 aromatic heterocycles. The molecule has 230 valence electrons. The van der Waals surface area contributed by atoms with E-state index in [-0.39, 0.29) is 34.6 Å². The summed E-state index contributed by atoms with van der Waals surface area (Å²) in [5, 5.41) is 42.2. The number of aromatic nitrogens is 2. The van der Waals surface area contributed by atoms with Crippen LogP contribution in [0.3, 0.4) is 0 Å². The van der Waals surface area contributed by atoms with Crippen LogP contribution in [0.4, 0.5) is 0 Å². The highest BCUT2D eigenvalue weighted by Crippen LogP contribution is 2.68. The molecule has 42 heavy (non-hydrogen) atoms. The minimum atomic E-state index is -0.706. The topological polar surface area (TPSA) is 98.7 Å². The highest BCUT2D eigenvalue weighted by atomic mass is 16.3. The van der Waals surface area contributed by atoms with E-state index in [1.54, 1.807) is 12.1 Å². The van der Waals surface area contributed by atoms with Crippen molar-refractivity contribution < 1.29 is 20.4 Å². The van der Waals surface area contributed by atoms with Crippen molar-refractivity contribution in [2.45, 2.75) is 110 Å². The number of aliphatic hydroxyl groups excluding tert-OH is 3. The molecule has 4 aliphatic carbocycles. The lowest BCUT2D eigenvalue weighted by Gasteiger charge is -2.62. The number of fused-ring (bicyclic) bond motifs is 5. The lowest BCUT2D eigenvalue weighted by molar-refractivity contribution is -0.195. The van der Waals surface area contributed by atoms with Gasteiger partial charge in [0.25, 0.3) is 0 Å². The average Bonchev–Trinajstić information content (AvgIpc) is 3.55. The number of hydrogen-bond donors (Lipinski definition) is 4. The molecule has 4 fully saturated rings. The molecule has 0 radical (unpaired) electrons. The summed E-state index contributed by atoms with van der Waals surface area (Å²) in [5.41, 5.74) is 3.40. The zero-order valence-electron chi connectivity index (χ0n) is 26.0. The fourth-order valence-electron chi connectivity index (χ4n) is 11.0. The first kappa shape index (κ1) is 29.9. The smallest absolute Gasteiger partial charge is 0.115 e. The number of benzene rings is 1. The van der Waals surface area contributed by atoms with Gasteiger partial charge in [0.15, 0.2) is 0 Å². The second-order valence-electron chi connectivity index (χ2n) is 15.2. The summed E-state index contributed by atoms with van der Waals surface area (Å²) in [5.74, 6) is 3.24. The third-order valence-corrected chi connectivity index (χ3v) is 13.1. The van der Waals surface area contributed by atoms with E-state index >= 15 is 0 Å². The summed E-state index contributed by atoms with van der Waals surface area (Å²) in [6.07, 6.45) is 11.1. The Labute approximate surface area is 251 Å². The first-order valence-corrected chi connectivity index (χ1v) is 16.4. The van der Waals surface area contributed by atoms with Crippen molar-refractivity contribution in [3.8, 4) is 17.0 Å². The molecule has 1 heterocycles. The maximum absolute atomic E-state index is 11.4. The third kappa shape index (κ3) is 4.86. The summed E-state index contributed by atoms with van der Waals surface area (Å²) < 4.78 is 2.25. The fourth-order valence-corrected chi connectivity index (χ4v) is 11.0. The van der Waals surface area contributed by atoms with E-state index in [2.05, 4.69) is 43.8 Å². The molecule has 2 aromatic rings. The van der Waals surface area contributed by atoms with E-state index in [4.69, 9.17) is 0 Å². The minimum absolute atomic E-state index is 0.0892. The van der Waals surface area contributed by atoms with Gasteiger partial charge in [-0.1, -0.05) is 32.9 Å². The molecule has 0 saturated heterocycles. The standard InChI is InChI=1S/C36H52N2O4/c1-21(2)30(38-20-37-19-31(38)23-7-9-24(39)10-8-23)13-6-22(3)26-11-12-27-25-16-32(40)29-17-33(41)34(42)18-36(29,5)28(25)14-15-35(26,27)4/h7-10,19-20,22,25-30,32-34,39-42H,1,6,11-18H2,2-5H3/t22-,25+,26-,27+,28+,29-,30-,32+,33-,34+,35-,36-/m1/s1. The highest BCUT2D eigenvalue weighted by Gasteiger charge is 2.63. The largest absolute Gasteiger partial charge is 0.508 e. The lowest BCUT2D eigenvalue weighted by atomic mass is 9.43. The van der Waals surface area contributed by atoms with Crippen LogP contribution in [0, 0.1) is 46.3 Å². The Balaban J connectivity index is 1.17. The van der Waals surface area contributed by atoms with Crippen molar-refractivity contribution in [3.63, 3.8) is 0 Å². The molecule has 12 atom stereocenters. The van der Waals surface area contributed by atoms with Crippen LogP contribution in [0.1, 0.15) is 91.5 Å². The molecule has 6 nitrogen and oxygen atoms in total. The maximum atomic E-state index is 11.4. The number of nitrogens with zero attached hydrogens (tertiary/aromatic N) is 2. The van der Waals surface area contributed by atoms with Crippen LogP contribution in [0.15, 0.2) is 48.9 Å². The van der Waals surface area contributed by atoms with E-state index in [9.17, 15) is 20.4 Å². The Morgan fingerprint density at radius 2 is 1.67 bits per heavy atom. The maximum Gasteiger partial charge on any atom is 0.115 e. The average molecular weight is 577 g/mol. The van der Waals surface area contributed by atoms with Gasteiger partial charge >= 0.3 is 0 Å². The highest BCUT2D eigenvalue weighted by molar-refractivity contribution is 5.60. The first-order chi connectivity index (χ1) is 19.9. The first-order valence-electron chi connectivity index (χ1n) is 16.4. The van der Waals surface area contributed by atoms with Crippen LogP contribution < -0.4 is 0 Å². The van der Waals surface area contributed by atoms with Gasteiger partial charge in [-0.2, -0.15) is 0 Å². The Morgan fingerprint density at radius 1 is 0.952 bits per heavy atom. The van der Waals surface area contributed by atoms with Crippen LogP contribution >= 0.6 is 0 Å². The summed E-state index contributed by atoms with van der Waals surface area (Å²) in [4.78, 5) is 4.49. The van der Waals surface area contributed by atoms with Gasteiger partial charge in [0, 0.05) is 5.56 Å². The number of aromatic hydroxyl groups is 1. The molecule has 0 aliphatic heterocycles. The molecule has 4 saturated carbocycles. The summed E-state index contributed by atoms with van der Waals surface area (Å²) in [6.45, 7) is 13.8. The van der Waals surface area contributed by atoms with Crippen LogP contribution in [0.2, 0.25) is 0 Å². The van der Waals surface area contributed by atoms with Crippen molar-refractivity contribution >= 4 is 0 Å². The SMILES string of the molecule is C=C(C)[C@@H](CC[C@@H](C)[C@H]1CC[C@H]2[C@@H]3C[C@H](O)[C@H]4C[C@@H](O)[C@@H](O)C[C@]4(C)[C@H]3CC[C@]12C)n1cncc1-c1ccc(O)cc1. The monoisotopic (exact) mass is 576 g/mol. The molecular formula is C36H52N2O4. The van der Waals surface area contributed by atoms with Gasteiger partial charge in [-0.05, 0) is 135 Å². The van der Waals surface area contributed by atoms with Crippen molar-refractivity contribution in [1.82, 2.24) is 9.55 Å². The van der Waals surface area contributed by atoms with Gasteiger partial charge in [-0.25, -0.2) is 4.98 Å². The summed E-state index contributed by atoms with van der Waals surface area (Å²) in [6, 6.07) is 7.50. The van der Waals surface area contributed by atoms with Crippen LogP contribution in [-0.2, 0) is 0 Å². The van der Waals surface area contributed by atoms with Crippen molar-refractivity contribution in [3.05, 3.63) is 48.9 Å². The second kappa shape index (κ2) is 11.1. The van der Waals surface area contributed by atoms with Crippen LogP contribution in [0.25, 0.3) is 11.3 Å². The normalized spacial score (nSPS) is 40.9. The lowest BCUT2D eigenvalue weighted by Crippen LogP contribution is -2.60. The van der Waals surface area contributed by atoms with Gasteiger partial charge in [0.05, 0.1) is 42.6 Å². The summed E-state index contributed by atoms with van der Waals surface area (Å²) >= 11 is 0. The van der Waals surface area contributed by atoms with Crippen LogP contribution in [0.5, 0.6) is 5.75 Å². The van der Waals surface area contributed by atoms with Gasteiger partial charge in [0.1, 0.15) is 5.75 Å². The Morgan fingerprint density at radius 3 is 2.38 bits per heavy atom. The van der Waals surface area contributed by atoms with E-state index in [1.165, 1.54) is 25.7 Å². The van der Waals surface area contributed by atoms with Gasteiger partial charge in [-0.3, -0.25) is 0 Å². The van der Waals surface area contributed by atoms with Gasteiger partial charge in [0.2, 0.25) is 0 Å². The molecule has 0 unspecified atom stereocenters. The minimum Gasteiger partial charge on any atom is -0.508 e. The Bertz CT molecular complexity index is 1270. The number of phenols is 1. The third-order valence-electron chi connectivity index (χ3n) is 13.1. The number of hydrogen-bond acceptors (Lipinski definition) is 5. The van der Waals surface area contributed by atoms with E-state index < -0.39 is 12.2 Å². The Hall–Kier alpha value is -2.15. The van der Waals surface area contributed by atoms with E-state index in [0.717, 1.165) is 36.1 Å². The van der Waals surface area contributed by atoms with Gasteiger partial charge in [-0.15, -0.1) is 0 Å². The zero-order valence-corrected chi connectivity index (χ0v) is 26.0. The summed E-state index contributed by atoms with van der Waals surface area (Å²) in [7, 11) is 0. The number of aliphatic hydroxyl groups is 3. The molecule has 6 heteroatoms. The zero-order chi connectivity index (χ0) is 30.0. The predicted molar refractivity (Wildman–Crippen MR) is 166 cm³/mol. The Kier molecular flexibility index (Phi) is 7.89. The molecule has 6 rings (SSSR count). The number of allylic oxidation sites excluding steroid dienone is 1. The number of phenolic OH excluding ortho intramolecular Hbond substituents is 1. The predicted octanol–water partition coefficient (Wildman–Crippen LogP) is 6.75. The van der Waals surface area contributed by atoms with Crippen molar-refractivity contribution in [1.29, 1.82) is 0 Å². The molecule has 0 bridgehead atoms. The molecule has 4 N–H and O–H groups in total. The van der Waals surface area contributed by atoms with E-state index in [1.807, 2.05) is 24.7 Å². The van der Waals surface area contributed by atoms with E-state index in [0.29, 0.717) is 42.4 Å². The molecule has 1 aromatic carbocycles. The fraction of sp³-hybridized carbons (Fsp3) is 0.694. The molecule has 0 spiro atoms. The molecule has 4 aliphatic rings. The molecule has 0 amide bonds. The molecular weight excluding hydrogens is 524 g/mol. The number of imidazole rings is 1. The van der Waals surface area contributed by atoms with Gasteiger partial charge < -0.3 is 25.0 Å². The van der Waals surface area contributed by atoms with Crippen molar-refractivity contribution in [2.24, 2.45) is 46.3 Å². The second-order valence-corrected chi connectivity index (χ2v) is 15.2.